The molecule has 0 saturated heterocycles. The van der Waals surface area contributed by atoms with Crippen LogP contribution < -0.4 is 9.62 Å². The van der Waals surface area contributed by atoms with Crippen LogP contribution in [0, 0.1) is 6.92 Å². The van der Waals surface area contributed by atoms with Gasteiger partial charge < -0.3 is 4.90 Å². The van der Waals surface area contributed by atoms with E-state index >= 15 is 0 Å². The van der Waals surface area contributed by atoms with Gasteiger partial charge in [-0.15, -0.1) is 0 Å². The fraction of sp³-hybridized carbons (Fsp3) is 0.240. The first kappa shape index (κ1) is 21.1. The molecule has 1 amide bonds. The second kappa shape index (κ2) is 8.19. The van der Waals surface area contributed by atoms with Crippen molar-refractivity contribution in [3.63, 3.8) is 0 Å². The number of nitrogens with one attached hydrogen (secondary N) is 1. The Morgan fingerprint density at radius 3 is 2.52 bits per heavy atom. The van der Waals surface area contributed by atoms with E-state index in [4.69, 9.17) is 0 Å². The first-order valence-electron chi connectivity index (χ1n) is 10.4. The molecule has 0 aliphatic carbocycles. The molecule has 0 radical (unpaired) electrons. The molecule has 1 aliphatic heterocycles. The minimum absolute atomic E-state index is 0.0447. The maximum Gasteiger partial charge on any atom is 0.261 e. The minimum atomic E-state index is -3.75. The van der Waals surface area contributed by atoms with Crippen molar-refractivity contribution in [1.82, 2.24) is 0 Å². The lowest BCUT2D eigenvalue weighted by atomic mass is 10.1. The zero-order valence-corrected chi connectivity index (χ0v) is 18.7. The van der Waals surface area contributed by atoms with Gasteiger partial charge in [0.25, 0.3) is 15.9 Å². The van der Waals surface area contributed by atoms with Gasteiger partial charge in [-0.25, -0.2) is 8.42 Å². The number of carbonyl (C=O) groups is 1. The van der Waals surface area contributed by atoms with Crippen molar-refractivity contribution in [2.45, 2.75) is 44.6 Å². The number of hydrogen-bond acceptors (Lipinski definition) is 3. The van der Waals surface area contributed by atoms with E-state index in [-0.39, 0.29) is 16.8 Å². The van der Waals surface area contributed by atoms with Crippen LogP contribution in [-0.4, -0.2) is 20.4 Å². The molecule has 0 unspecified atom stereocenters. The van der Waals surface area contributed by atoms with Crippen LogP contribution >= 0.6 is 0 Å². The average Bonchev–Trinajstić information content (AvgIpc) is 3.10. The normalized spacial score (nSPS) is 15.6. The molecule has 6 heteroatoms. The molecule has 3 aromatic rings. The second-order valence-electron chi connectivity index (χ2n) is 7.95. The third-order valence-electron chi connectivity index (χ3n) is 5.79. The topological polar surface area (TPSA) is 66.5 Å². The largest absolute Gasteiger partial charge is 0.305 e. The summed E-state index contributed by atoms with van der Waals surface area (Å²) < 4.78 is 29.1. The minimum Gasteiger partial charge on any atom is -0.305 e. The summed E-state index contributed by atoms with van der Waals surface area (Å²) in [5, 5.41) is 0. The highest BCUT2D eigenvalue weighted by Crippen LogP contribution is 2.35. The number of nitrogens with zero attached hydrogens (tertiary/aromatic N) is 1. The number of anilines is 2. The number of aryl methyl sites for hydroxylation is 2. The van der Waals surface area contributed by atoms with E-state index in [1.165, 1.54) is 0 Å². The zero-order valence-electron chi connectivity index (χ0n) is 17.9. The van der Waals surface area contributed by atoms with Crippen molar-refractivity contribution in [2.75, 3.05) is 9.62 Å². The van der Waals surface area contributed by atoms with Crippen LogP contribution in [-0.2, 0) is 22.9 Å². The summed E-state index contributed by atoms with van der Waals surface area (Å²) in [6.07, 6.45) is 1.35. The van der Waals surface area contributed by atoms with Gasteiger partial charge in [-0.3, -0.25) is 9.52 Å². The lowest BCUT2D eigenvalue weighted by Gasteiger charge is -2.23. The third kappa shape index (κ3) is 3.95. The Balaban J connectivity index is 1.66. The molecule has 1 aliphatic rings. The van der Waals surface area contributed by atoms with E-state index in [0.717, 1.165) is 28.8 Å². The van der Waals surface area contributed by atoms with Gasteiger partial charge in [0.1, 0.15) is 0 Å². The van der Waals surface area contributed by atoms with Gasteiger partial charge in [0.05, 0.1) is 10.6 Å². The van der Waals surface area contributed by atoms with E-state index in [1.807, 2.05) is 57.2 Å². The number of fused-ring (bicyclic) bond motifs is 1. The second-order valence-corrected chi connectivity index (χ2v) is 9.64. The van der Waals surface area contributed by atoms with Crippen molar-refractivity contribution >= 4 is 27.3 Å². The zero-order chi connectivity index (χ0) is 22.2. The smallest absolute Gasteiger partial charge is 0.261 e. The predicted octanol–water partition coefficient (Wildman–Crippen LogP) is 4.95. The fourth-order valence-corrected chi connectivity index (χ4v) is 5.39. The lowest BCUT2D eigenvalue weighted by Crippen LogP contribution is -2.35. The molecule has 160 valence electrons. The summed E-state index contributed by atoms with van der Waals surface area (Å²) in [5.41, 5.74) is 4.73. The average molecular weight is 435 g/mol. The van der Waals surface area contributed by atoms with Gasteiger partial charge in [0, 0.05) is 17.3 Å². The highest BCUT2D eigenvalue weighted by molar-refractivity contribution is 7.92. The van der Waals surface area contributed by atoms with E-state index in [0.29, 0.717) is 17.7 Å². The molecule has 1 N–H and O–H groups in total. The first-order valence-corrected chi connectivity index (χ1v) is 11.9. The monoisotopic (exact) mass is 434 g/mol. The van der Waals surface area contributed by atoms with E-state index in [2.05, 4.69) is 4.72 Å². The summed E-state index contributed by atoms with van der Waals surface area (Å²) in [4.78, 5) is 15.0. The summed E-state index contributed by atoms with van der Waals surface area (Å²) >= 11 is 0. The highest BCUT2D eigenvalue weighted by Gasteiger charge is 2.32. The van der Waals surface area contributed by atoms with Crippen molar-refractivity contribution in [1.29, 1.82) is 0 Å². The number of para-hydroxylation sites is 1. The number of sulfonamides is 1. The number of hydrogen-bond donors (Lipinski definition) is 1. The predicted molar refractivity (Wildman–Crippen MR) is 124 cm³/mol. The number of rotatable bonds is 5. The summed E-state index contributed by atoms with van der Waals surface area (Å²) in [6, 6.07) is 19.9. The van der Waals surface area contributed by atoms with Crippen molar-refractivity contribution < 1.29 is 13.2 Å². The van der Waals surface area contributed by atoms with Gasteiger partial charge in [0.2, 0.25) is 0 Å². The van der Waals surface area contributed by atoms with Gasteiger partial charge in [-0.05, 0) is 73.7 Å². The van der Waals surface area contributed by atoms with Crippen molar-refractivity contribution in [3.8, 4) is 0 Å². The molecule has 4 rings (SSSR count). The van der Waals surface area contributed by atoms with E-state index < -0.39 is 10.0 Å². The van der Waals surface area contributed by atoms with Crippen LogP contribution in [0.2, 0.25) is 0 Å². The standard InChI is InChI=1S/C25H26N2O3S/c1-4-19-12-8-9-17(2)24(19)26-31(29,30)22-13-14-23-21(16-22)15-18(3)27(23)25(28)20-10-6-5-7-11-20/h5-14,16,18,26H,4,15H2,1-3H3/t18-/m0/s1. The Bertz CT molecular complexity index is 1240. The van der Waals surface area contributed by atoms with Crippen LogP contribution in [0.3, 0.4) is 0 Å². The number of benzene rings is 3. The molecule has 1 heterocycles. The molecule has 0 aromatic heterocycles. The number of carbonyl (C=O) groups excluding carboxylic acids is 1. The molecular weight excluding hydrogens is 408 g/mol. The fourth-order valence-electron chi connectivity index (χ4n) is 4.17. The Morgan fingerprint density at radius 2 is 1.81 bits per heavy atom. The molecule has 31 heavy (non-hydrogen) atoms. The first-order chi connectivity index (χ1) is 14.8. The van der Waals surface area contributed by atoms with Crippen LogP contribution in [0.1, 0.15) is 40.9 Å². The molecule has 0 saturated carbocycles. The maximum absolute atomic E-state index is 13.1. The van der Waals surface area contributed by atoms with Gasteiger partial charge in [0.15, 0.2) is 0 Å². The molecular formula is C25H26N2O3S. The molecule has 0 spiro atoms. The SMILES string of the molecule is CCc1cccc(C)c1NS(=O)(=O)c1ccc2c(c1)C[C@H](C)N2C(=O)c1ccccc1. The molecule has 3 aromatic carbocycles. The van der Waals surface area contributed by atoms with Crippen molar-refractivity contribution in [2.24, 2.45) is 0 Å². The lowest BCUT2D eigenvalue weighted by molar-refractivity contribution is 0.0981. The van der Waals surface area contributed by atoms with Crippen molar-refractivity contribution in [3.05, 3.63) is 89.0 Å². The van der Waals surface area contributed by atoms with Crippen LogP contribution in [0.5, 0.6) is 0 Å². The molecule has 1 atom stereocenters. The van der Waals surface area contributed by atoms with Crippen LogP contribution in [0.15, 0.2) is 71.6 Å². The third-order valence-corrected chi connectivity index (χ3v) is 7.14. The maximum atomic E-state index is 13.1. The Labute approximate surface area is 183 Å². The van der Waals surface area contributed by atoms with Crippen LogP contribution in [0.25, 0.3) is 0 Å². The molecule has 5 nitrogen and oxygen atoms in total. The van der Waals surface area contributed by atoms with Gasteiger partial charge in [-0.2, -0.15) is 0 Å². The van der Waals surface area contributed by atoms with Gasteiger partial charge in [-0.1, -0.05) is 43.3 Å². The summed E-state index contributed by atoms with van der Waals surface area (Å²) in [7, 11) is -3.75. The number of amides is 1. The Morgan fingerprint density at radius 1 is 1.06 bits per heavy atom. The molecule has 0 bridgehead atoms. The van der Waals surface area contributed by atoms with E-state index in [1.54, 1.807) is 35.2 Å². The van der Waals surface area contributed by atoms with Gasteiger partial charge >= 0.3 is 0 Å². The Kier molecular flexibility index (Phi) is 5.58. The summed E-state index contributed by atoms with van der Waals surface area (Å²) in [5.74, 6) is -0.0759. The molecule has 0 fully saturated rings. The summed E-state index contributed by atoms with van der Waals surface area (Å²) in [6.45, 7) is 5.88. The Hall–Kier alpha value is -3.12. The van der Waals surface area contributed by atoms with E-state index in [9.17, 15) is 13.2 Å². The van der Waals surface area contributed by atoms with Crippen LogP contribution in [0.4, 0.5) is 11.4 Å². The quantitative estimate of drug-likeness (QED) is 0.618. The highest BCUT2D eigenvalue weighted by atomic mass is 32.2.